The van der Waals surface area contributed by atoms with Gasteiger partial charge in [-0.05, 0) is 64.7 Å². The largest absolute Gasteiger partial charge is 0.306 e. The summed E-state index contributed by atoms with van der Waals surface area (Å²) < 4.78 is 2.46. The van der Waals surface area contributed by atoms with Crippen molar-refractivity contribution in [1.29, 1.82) is 0 Å². The molecule has 1 aliphatic carbocycles. The molecule has 0 unspecified atom stereocenters. The molecule has 200 valence electrons. The Balaban J connectivity index is 1.35. The number of pyridine rings is 1. The highest BCUT2D eigenvalue weighted by Gasteiger charge is 2.36. The van der Waals surface area contributed by atoms with Crippen LogP contribution >= 0.6 is 23.5 Å². The second-order valence-electron chi connectivity index (χ2n) is 11.6. The molecule has 2 aromatic heterocycles. The Morgan fingerprint density at radius 3 is 2.19 bits per heavy atom. The van der Waals surface area contributed by atoms with Crippen molar-refractivity contribution in [2.75, 3.05) is 0 Å². The average molecular weight is 575 g/mol. The minimum atomic E-state index is -0.0504. The summed E-state index contributed by atoms with van der Waals surface area (Å²) in [6, 6.07) is 42.0. The average Bonchev–Trinajstić information content (AvgIpc) is 3.48. The van der Waals surface area contributed by atoms with Gasteiger partial charge in [0, 0.05) is 36.4 Å². The van der Waals surface area contributed by atoms with Crippen LogP contribution in [0.1, 0.15) is 25.0 Å². The number of rotatable bonds is 2. The first kappa shape index (κ1) is 24.4. The Bertz CT molecular complexity index is 2210. The van der Waals surface area contributed by atoms with E-state index in [0.29, 0.717) is 0 Å². The van der Waals surface area contributed by atoms with Gasteiger partial charge in [-0.3, -0.25) is 4.98 Å². The zero-order valence-corrected chi connectivity index (χ0v) is 24.9. The summed E-state index contributed by atoms with van der Waals surface area (Å²) in [5, 5.41) is 2.59. The van der Waals surface area contributed by atoms with Gasteiger partial charge in [-0.25, -0.2) is 0 Å². The molecule has 1 aliphatic heterocycles. The minimum Gasteiger partial charge on any atom is -0.306 e. The quantitative estimate of drug-likeness (QED) is 0.204. The monoisotopic (exact) mass is 574 g/mol. The molecule has 0 N–H and O–H groups in total. The summed E-state index contributed by atoms with van der Waals surface area (Å²) in [6.07, 6.45) is 2.04. The van der Waals surface area contributed by atoms with Crippen LogP contribution < -0.4 is 0 Å². The molecule has 2 nitrogen and oxygen atoms in total. The third-order valence-electron chi connectivity index (χ3n) is 8.91. The summed E-state index contributed by atoms with van der Waals surface area (Å²) in [5.41, 5.74) is 11.1. The normalized spacial score (nSPS) is 14.4. The van der Waals surface area contributed by atoms with Crippen molar-refractivity contribution in [3.8, 4) is 28.1 Å². The maximum atomic E-state index is 4.97. The van der Waals surface area contributed by atoms with Crippen molar-refractivity contribution in [1.82, 2.24) is 9.55 Å². The van der Waals surface area contributed by atoms with Crippen molar-refractivity contribution in [2.24, 2.45) is 0 Å². The summed E-state index contributed by atoms with van der Waals surface area (Å²) in [7, 11) is 0. The van der Waals surface area contributed by atoms with Crippen molar-refractivity contribution >= 4 is 45.3 Å². The summed E-state index contributed by atoms with van der Waals surface area (Å²) in [6.45, 7) is 4.72. The van der Waals surface area contributed by atoms with E-state index < -0.39 is 0 Å². The zero-order valence-electron chi connectivity index (χ0n) is 23.3. The van der Waals surface area contributed by atoms with E-state index in [1.54, 1.807) is 0 Å². The second-order valence-corrected chi connectivity index (χ2v) is 13.8. The third-order valence-corrected chi connectivity index (χ3v) is 11.5. The molecule has 5 aromatic carbocycles. The lowest BCUT2D eigenvalue weighted by molar-refractivity contribution is 0.661. The number of fused-ring (bicyclic) bond motifs is 9. The molecule has 7 aromatic rings. The van der Waals surface area contributed by atoms with E-state index >= 15 is 0 Å². The Hall–Kier alpha value is -4.25. The summed E-state index contributed by atoms with van der Waals surface area (Å²) in [4.78, 5) is 10.2. The summed E-state index contributed by atoms with van der Waals surface area (Å²) in [5.74, 6) is 0. The van der Waals surface area contributed by atoms with Crippen LogP contribution in [-0.4, -0.2) is 9.55 Å². The Morgan fingerprint density at radius 2 is 1.38 bits per heavy atom. The fraction of sp³-hybridized carbons (Fsp3) is 0.0789. The zero-order chi connectivity index (χ0) is 28.0. The number of hydrogen-bond donors (Lipinski definition) is 0. The Morgan fingerprint density at radius 1 is 0.619 bits per heavy atom. The van der Waals surface area contributed by atoms with Crippen molar-refractivity contribution in [3.63, 3.8) is 0 Å². The molecule has 3 heterocycles. The lowest BCUT2D eigenvalue weighted by Gasteiger charge is -2.21. The van der Waals surface area contributed by atoms with Crippen molar-refractivity contribution < 1.29 is 0 Å². The number of aromatic nitrogens is 2. The lowest BCUT2D eigenvalue weighted by Crippen LogP contribution is -2.14. The van der Waals surface area contributed by atoms with E-state index in [2.05, 4.69) is 128 Å². The molecule has 42 heavy (non-hydrogen) atoms. The fourth-order valence-electron chi connectivity index (χ4n) is 6.84. The molecule has 0 fully saturated rings. The number of benzene rings is 5. The van der Waals surface area contributed by atoms with Crippen LogP contribution in [0.4, 0.5) is 0 Å². The topological polar surface area (TPSA) is 17.8 Å². The molecule has 2 aliphatic rings. The van der Waals surface area contributed by atoms with Gasteiger partial charge in [-0.1, -0.05) is 110 Å². The van der Waals surface area contributed by atoms with Gasteiger partial charge in [-0.15, -0.1) is 0 Å². The minimum absolute atomic E-state index is 0.0504. The molecule has 0 saturated carbocycles. The highest BCUT2D eigenvalue weighted by Crippen LogP contribution is 2.55. The van der Waals surface area contributed by atoms with Crippen molar-refractivity contribution in [2.45, 2.75) is 38.8 Å². The van der Waals surface area contributed by atoms with E-state index in [0.717, 1.165) is 16.9 Å². The maximum Gasteiger partial charge on any atom is 0.0703 e. The predicted octanol–water partition coefficient (Wildman–Crippen LogP) is 10.8. The van der Waals surface area contributed by atoms with Gasteiger partial charge >= 0.3 is 0 Å². The third kappa shape index (κ3) is 3.40. The first-order chi connectivity index (χ1) is 20.6. The van der Waals surface area contributed by atoms with Gasteiger partial charge in [0.05, 0.1) is 33.5 Å². The van der Waals surface area contributed by atoms with Crippen LogP contribution in [-0.2, 0) is 5.41 Å². The van der Waals surface area contributed by atoms with E-state index in [-0.39, 0.29) is 5.41 Å². The predicted molar refractivity (Wildman–Crippen MR) is 176 cm³/mol. The van der Waals surface area contributed by atoms with Crippen LogP contribution in [0.15, 0.2) is 141 Å². The number of nitrogens with zero attached hydrogens (tertiary/aromatic N) is 2. The van der Waals surface area contributed by atoms with E-state index in [1.807, 2.05) is 35.8 Å². The van der Waals surface area contributed by atoms with E-state index in [4.69, 9.17) is 4.98 Å². The smallest absolute Gasteiger partial charge is 0.0703 e. The van der Waals surface area contributed by atoms with Gasteiger partial charge in [-0.2, -0.15) is 0 Å². The van der Waals surface area contributed by atoms with Crippen LogP contribution in [0.5, 0.6) is 0 Å². The Kier molecular flexibility index (Phi) is 5.15. The highest BCUT2D eigenvalue weighted by atomic mass is 32.2. The van der Waals surface area contributed by atoms with Crippen LogP contribution in [0.2, 0.25) is 0 Å². The van der Waals surface area contributed by atoms with Crippen LogP contribution in [0.3, 0.4) is 0 Å². The fourth-order valence-corrected chi connectivity index (χ4v) is 9.22. The van der Waals surface area contributed by atoms with Crippen molar-refractivity contribution in [3.05, 3.63) is 133 Å². The van der Waals surface area contributed by atoms with Crippen LogP contribution in [0, 0.1) is 0 Å². The SMILES string of the molecule is CC1(C)c2ccccc2-c2cc3c(cc21)c1ccc2c(c1n3-c1ccc(-c3ccccc3)nc1)Sc1ccccc1S2. The number of hydrogen-bond acceptors (Lipinski definition) is 3. The standard InChI is InChI=1S/C38H26N2S2/c1-38(2)29-13-7-6-12-25(29)27-21-32-28(20-30(27)38)26-17-19-35-37(42-34-15-9-8-14-33(34)41-35)36(26)40(32)24-16-18-31(39-22-24)23-10-4-3-5-11-23/h3-22H,1-2H3. The first-order valence-corrected chi connectivity index (χ1v) is 15.9. The Labute approximate surface area is 253 Å². The van der Waals surface area contributed by atoms with E-state index in [9.17, 15) is 0 Å². The molecule has 4 heteroatoms. The highest BCUT2D eigenvalue weighted by molar-refractivity contribution is 8.05. The second kappa shape index (κ2) is 8.87. The van der Waals surface area contributed by atoms with Gasteiger partial charge in [0.15, 0.2) is 0 Å². The van der Waals surface area contributed by atoms with E-state index in [1.165, 1.54) is 63.6 Å². The maximum absolute atomic E-state index is 4.97. The first-order valence-electron chi connectivity index (χ1n) is 14.3. The summed E-state index contributed by atoms with van der Waals surface area (Å²) >= 11 is 3.76. The molecule has 0 radical (unpaired) electrons. The molecule has 0 saturated heterocycles. The molecule has 9 rings (SSSR count). The molecular formula is C38H26N2S2. The van der Waals surface area contributed by atoms with Gasteiger partial charge in [0.25, 0.3) is 0 Å². The molecule has 0 amide bonds. The van der Waals surface area contributed by atoms with Gasteiger partial charge in [0.1, 0.15) is 0 Å². The lowest BCUT2D eigenvalue weighted by atomic mass is 9.82. The molecular weight excluding hydrogens is 549 g/mol. The molecule has 0 bridgehead atoms. The molecule has 0 spiro atoms. The molecule has 0 atom stereocenters. The van der Waals surface area contributed by atoms with Crippen LogP contribution in [0.25, 0.3) is 49.9 Å². The van der Waals surface area contributed by atoms with Gasteiger partial charge in [0.2, 0.25) is 0 Å². The van der Waals surface area contributed by atoms with Gasteiger partial charge < -0.3 is 4.57 Å².